The molecule has 0 radical (unpaired) electrons. The molecule has 1 aromatic heterocycles. The molecule has 1 amide bonds. The number of nitrogens with zero attached hydrogens (tertiary/aromatic N) is 1. The van der Waals surface area contributed by atoms with Gasteiger partial charge in [-0.25, -0.2) is 13.4 Å². The highest BCUT2D eigenvalue weighted by Crippen LogP contribution is 2.26. The standard InChI is InChI=1S/C15H18N2O3S2/c1-9-5-6-12(7-10(9)2)13-8-21-15(16-13)17-14(18)11(3)22(4,19)20/h5-8,11H,1-4H3,(H,16,17,18). The van der Waals surface area contributed by atoms with Gasteiger partial charge in [-0.15, -0.1) is 11.3 Å². The number of carbonyl (C=O) groups is 1. The van der Waals surface area contributed by atoms with E-state index in [-0.39, 0.29) is 0 Å². The number of aromatic nitrogens is 1. The molecule has 0 aliphatic carbocycles. The van der Waals surface area contributed by atoms with Gasteiger partial charge in [0, 0.05) is 17.2 Å². The van der Waals surface area contributed by atoms with Crippen molar-refractivity contribution in [1.29, 1.82) is 0 Å². The Morgan fingerprint density at radius 2 is 1.95 bits per heavy atom. The predicted octanol–water partition coefficient (Wildman–Crippen LogP) is 2.80. The first-order valence-corrected chi connectivity index (χ1v) is 9.55. The molecule has 0 saturated heterocycles. The van der Waals surface area contributed by atoms with E-state index in [9.17, 15) is 13.2 Å². The molecule has 0 spiro atoms. The molecule has 5 nitrogen and oxygen atoms in total. The fraction of sp³-hybridized carbons (Fsp3) is 0.333. The fourth-order valence-corrected chi connectivity index (χ4v) is 2.94. The molecule has 118 valence electrons. The first-order valence-electron chi connectivity index (χ1n) is 6.71. The lowest BCUT2D eigenvalue weighted by molar-refractivity contribution is -0.115. The number of carbonyl (C=O) groups excluding carboxylic acids is 1. The van der Waals surface area contributed by atoms with Crippen molar-refractivity contribution in [3.8, 4) is 11.3 Å². The van der Waals surface area contributed by atoms with Crippen LogP contribution in [0.15, 0.2) is 23.6 Å². The van der Waals surface area contributed by atoms with Crippen LogP contribution in [0.3, 0.4) is 0 Å². The van der Waals surface area contributed by atoms with Crippen molar-refractivity contribution in [3.05, 3.63) is 34.7 Å². The van der Waals surface area contributed by atoms with E-state index in [4.69, 9.17) is 0 Å². The van der Waals surface area contributed by atoms with Crippen molar-refractivity contribution < 1.29 is 13.2 Å². The molecule has 2 aromatic rings. The van der Waals surface area contributed by atoms with E-state index in [0.29, 0.717) is 5.13 Å². The minimum atomic E-state index is -3.41. The molecular formula is C15H18N2O3S2. The van der Waals surface area contributed by atoms with Gasteiger partial charge < -0.3 is 5.32 Å². The van der Waals surface area contributed by atoms with Crippen LogP contribution in [0.1, 0.15) is 18.1 Å². The molecule has 1 heterocycles. The highest BCUT2D eigenvalue weighted by Gasteiger charge is 2.24. The van der Waals surface area contributed by atoms with Crippen LogP contribution in [-0.2, 0) is 14.6 Å². The molecular weight excluding hydrogens is 320 g/mol. The normalized spacial score (nSPS) is 12.9. The van der Waals surface area contributed by atoms with E-state index < -0.39 is 21.0 Å². The van der Waals surface area contributed by atoms with Crippen LogP contribution >= 0.6 is 11.3 Å². The van der Waals surface area contributed by atoms with E-state index in [1.165, 1.54) is 29.4 Å². The molecule has 0 bridgehead atoms. The summed E-state index contributed by atoms with van der Waals surface area (Å²) >= 11 is 1.27. The number of thiazole rings is 1. The second-order valence-electron chi connectivity index (χ2n) is 5.30. The summed E-state index contributed by atoms with van der Waals surface area (Å²) in [5.41, 5.74) is 4.10. The molecule has 22 heavy (non-hydrogen) atoms. The van der Waals surface area contributed by atoms with Crippen LogP contribution in [0, 0.1) is 13.8 Å². The van der Waals surface area contributed by atoms with Gasteiger partial charge in [0.2, 0.25) is 5.91 Å². The summed E-state index contributed by atoms with van der Waals surface area (Å²) in [4.78, 5) is 16.2. The summed E-state index contributed by atoms with van der Waals surface area (Å²) in [5, 5.41) is 3.69. The maximum absolute atomic E-state index is 11.9. The van der Waals surface area contributed by atoms with Gasteiger partial charge in [-0.2, -0.15) is 0 Å². The number of hydrogen-bond donors (Lipinski definition) is 1. The first-order chi connectivity index (χ1) is 10.2. The Hall–Kier alpha value is -1.73. The predicted molar refractivity (Wildman–Crippen MR) is 90.0 cm³/mol. The molecule has 1 N–H and O–H groups in total. The van der Waals surface area contributed by atoms with E-state index >= 15 is 0 Å². The third kappa shape index (κ3) is 3.72. The molecule has 0 saturated carbocycles. The second-order valence-corrected chi connectivity index (χ2v) is 8.52. The number of amides is 1. The van der Waals surface area contributed by atoms with Crippen molar-refractivity contribution in [1.82, 2.24) is 4.98 Å². The van der Waals surface area contributed by atoms with Gasteiger partial charge in [0.15, 0.2) is 15.0 Å². The molecule has 7 heteroatoms. The Kier molecular flexibility index (Phi) is 4.67. The molecule has 1 unspecified atom stereocenters. The third-order valence-corrected chi connectivity index (χ3v) is 5.80. The van der Waals surface area contributed by atoms with E-state index in [0.717, 1.165) is 17.5 Å². The highest BCUT2D eigenvalue weighted by atomic mass is 32.2. The topological polar surface area (TPSA) is 76.1 Å². The summed E-state index contributed by atoms with van der Waals surface area (Å²) < 4.78 is 22.8. The minimum absolute atomic E-state index is 0.397. The van der Waals surface area contributed by atoms with Crippen LogP contribution in [0.25, 0.3) is 11.3 Å². The molecule has 0 aliphatic heterocycles. The lowest BCUT2D eigenvalue weighted by atomic mass is 10.1. The maximum Gasteiger partial charge on any atom is 0.244 e. The zero-order valence-corrected chi connectivity index (χ0v) is 14.5. The van der Waals surface area contributed by atoms with E-state index in [1.54, 1.807) is 0 Å². The van der Waals surface area contributed by atoms with Crippen LogP contribution < -0.4 is 5.32 Å². The third-order valence-electron chi connectivity index (χ3n) is 3.55. The number of hydrogen-bond acceptors (Lipinski definition) is 5. The molecule has 1 aromatic carbocycles. The lowest BCUT2D eigenvalue weighted by Crippen LogP contribution is -2.31. The van der Waals surface area contributed by atoms with Gasteiger partial charge in [0.1, 0.15) is 5.25 Å². The van der Waals surface area contributed by atoms with E-state index in [1.807, 2.05) is 37.4 Å². The Morgan fingerprint density at radius 1 is 1.27 bits per heavy atom. The van der Waals surface area contributed by atoms with Gasteiger partial charge in [0.05, 0.1) is 5.69 Å². The van der Waals surface area contributed by atoms with Crippen molar-refractivity contribution in [2.24, 2.45) is 0 Å². The smallest absolute Gasteiger partial charge is 0.244 e. The molecule has 1 atom stereocenters. The Morgan fingerprint density at radius 3 is 2.55 bits per heavy atom. The number of benzene rings is 1. The summed E-state index contributed by atoms with van der Waals surface area (Å²) in [6.45, 7) is 5.43. The summed E-state index contributed by atoms with van der Waals surface area (Å²) in [5.74, 6) is -0.566. The van der Waals surface area contributed by atoms with Crippen LogP contribution in [0.5, 0.6) is 0 Å². The fourth-order valence-electron chi connectivity index (χ4n) is 1.77. The lowest BCUT2D eigenvalue weighted by Gasteiger charge is -2.08. The van der Waals surface area contributed by atoms with Crippen molar-refractivity contribution in [3.63, 3.8) is 0 Å². The van der Waals surface area contributed by atoms with Gasteiger partial charge in [-0.1, -0.05) is 12.1 Å². The minimum Gasteiger partial charge on any atom is -0.301 e. The Balaban J connectivity index is 2.18. The van der Waals surface area contributed by atoms with Gasteiger partial charge >= 0.3 is 0 Å². The molecule has 0 fully saturated rings. The molecule has 0 aliphatic rings. The molecule has 2 rings (SSSR count). The monoisotopic (exact) mass is 338 g/mol. The van der Waals surface area contributed by atoms with E-state index in [2.05, 4.69) is 10.3 Å². The van der Waals surface area contributed by atoms with Gasteiger partial charge in [-0.3, -0.25) is 4.79 Å². The summed E-state index contributed by atoms with van der Waals surface area (Å²) in [6, 6.07) is 6.03. The highest BCUT2D eigenvalue weighted by molar-refractivity contribution is 7.92. The summed E-state index contributed by atoms with van der Waals surface area (Å²) in [6.07, 6.45) is 1.04. The van der Waals surface area contributed by atoms with Gasteiger partial charge in [0.25, 0.3) is 0 Å². The number of aryl methyl sites for hydroxylation is 2. The zero-order valence-electron chi connectivity index (χ0n) is 12.9. The number of nitrogens with one attached hydrogen (secondary N) is 1. The number of anilines is 1. The summed E-state index contributed by atoms with van der Waals surface area (Å²) in [7, 11) is -3.41. The number of sulfone groups is 1. The average molecular weight is 338 g/mol. The van der Waals surface area contributed by atoms with Crippen molar-refractivity contribution in [2.75, 3.05) is 11.6 Å². The SMILES string of the molecule is Cc1ccc(-c2csc(NC(=O)C(C)S(C)(=O)=O)n2)cc1C. The average Bonchev–Trinajstić information content (AvgIpc) is 2.88. The maximum atomic E-state index is 11.9. The van der Waals surface area contributed by atoms with Crippen molar-refractivity contribution in [2.45, 2.75) is 26.0 Å². The Labute approximate surface area is 134 Å². The van der Waals surface area contributed by atoms with Gasteiger partial charge in [-0.05, 0) is 38.0 Å². The quantitative estimate of drug-likeness (QED) is 0.930. The van der Waals surface area contributed by atoms with Crippen molar-refractivity contribution >= 4 is 32.2 Å². The largest absolute Gasteiger partial charge is 0.301 e. The van der Waals surface area contributed by atoms with Crippen LogP contribution in [0.4, 0.5) is 5.13 Å². The second kappa shape index (κ2) is 6.18. The zero-order chi connectivity index (χ0) is 16.5. The first kappa shape index (κ1) is 16.6. The Bertz CT molecular complexity index is 810. The van der Waals surface area contributed by atoms with Crippen LogP contribution in [0.2, 0.25) is 0 Å². The number of rotatable bonds is 4. The van der Waals surface area contributed by atoms with Crippen LogP contribution in [-0.4, -0.2) is 30.8 Å².